The second-order valence-corrected chi connectivity index (χ2v) is 8.43. The van der Waals surface area contributed by atoms with E-state index in [-0.39, 0.29) is 24.0 Å². The molecule has 3 fully saturated rings. The van der Waals surface area contributed by atoms with E-state index in [0.29, 0.717) is 0 Å². The van der Waals surface area contributed by atoms with Gasteiger partial charge < -0.3 is 20.0 Å². The Morgan fingerprint density at radius 2 is 1.56 bits per heavy atom. The van der Waals surface area contributed by atoms with Gasteiger partial charge in [-0.3, -0.25) is 4.99 Å². The molecule has 0 aromatic rings. The van der Waals surface area contributed by atoms with Crippen LogP contribution in [0.5, 0.6) is 0 Å². The van der Waals surface area contributed by atoms with Crippen LogP contribution in [0.1, 0.15) is 52.4 Å². The number of guanidine groups is 1. The average Bonchev–Trinajstić information content (AvgIpc) is 3.11. The third-order valence-corrected chi connectivity index (χ3v) is 6.67. The van der Waals surface area contributed by atoms with E-state index >= 15 is 0 Å². The largest absolute Gasteiger partial charge is 0.357 e. The van der Waals surface area contributed by atoms with E-state index in [2.05, 4.69) is 33.9 Å². The molecule has 0 aromatic carbocycles. The number of fused-ring (bicyclic) bond motifs is 1. The molecule has 0 spiro atoms. The molecule has 0 radical (unpaired) electrons. The van der Waals surface area contributed by atoms with Crippen molar-refractivity contribution in [2.75, 3.05) is 65.4 Å². The molecule has 0 bridgehead atoms. The first-order valence-electron chi connectivity index (χ1n) is 11.3. The van der Waals surface area contributed by atoms with Crippen molar-refractivity contribution in [1.82, 2.24) is 20.0 Å². The second-order valence-electron chi connectivity index (χ2n) is 8.43. The Morgan fingerprint density at radius 3 is 2.15 bits per heavy atom. The van der Waals surface area contributed by atoms with Gasteiger partial charge in [-0.2, -0.15) is 0 Å². The Hall–Kier alpha value is -0.0800. The normalized spacial score (nSPS) is 27.3. The molecular weight excluding hydrogens is 449 g/mol. The fourth-order valence-electron chi connectivity index (χ4n) is 4.97. The lowest BCUT2D eigenvalue weighted by atomic mass is 9.82. The summed E-state index contributed by atoms with van der Waals surface area (Å²) >= 11 is 0. The number of hydrogen-bond donors (Lipinski definition) is 1. The summed E-state index contributed by atoms with van der Waals surface area (Å²) in [5.74, 6) is 3.03. The Morgan fingerprint density at radius 1 is 0.926 bits per heavy atom. The van der Waals surface area contributed by atoms with Crippen LogP contribution in [0.4, 0.5) is 0 Å². The number of hydrogen-bond acceptors (Lipinski definition) is 3. The minimum atomic E-state index is 0. The zero-order valence-corrected chi connectivity index (χ0v) is 20.0. The maximum Gasteiger partial charge on any atom is 0.193 e. The standard InChI is InChI=1S/C21H41N5.HI/c1-3-22-21(26-17-19-9-5-6-10-20(19)18-26)23-11-7-8-12-25-15-13-24(4-2)14-16-25;/h19-20H,3-18H2,1-2H3,(H,22,23);1H. The molecule has 2 unspecified atom stereocenters. The van der Waals surface area contributed by atoms with Gasteiger partial charge in [0.05, 0.1) is 0 Å². The second kappa shape index (κ2) is 12.5. The van der Waals surface area contributed by atoms with Crippen molar-refractivity contribution in [2.45, 2.75) is 52.4 Å². The van der Waals surface area contributed by atoms with Crippen LogP contribution in [0.2, 0.25) is 0 Å². The third kappa shape index (κ3) is 7.03. The molecule has 2 heterocycles. The van der Waals surface area contributed by atoms with Gasteiger partial charge in [-0.25, -0.2) is 0 Å². The van der Waals surface area contributed by atoms with E-state index in [0.717, 1.165) is 24.9 Å². The van der Waals surface area contributed by atoms with Gasteiger partial charge in [0, 0.05) is 52.4 Å². The van der Waals surface area contributed by atoms with Crippen LogP contribution in [0.15, 0.2) is 4.99 Å². The molecular formula is C21H42IN5. The van der Waals surface area contributed by atoms with Crippen LogP contribution in [-0.2, 0) is 0 Å². The number of likely N-dealkylation sites (tertiary alicyclic amines) is 1. The third-order valence-electron chi connectivity index (χ3n) is 6.67. The van der Waals surface area contributed by atoms with E-state index in [9.17, 15) is 0 Å². The molecule has 5 nitrogen and oxygen atoms in total. The van der Waals surface area contributed by atoms with Crippen molar-refractivity contribution < 1.29 is 0 Å². The Balaban J connectivity index is 0.00000261. The van der Waals surface area contributed by atoms with Crippen molar-refractivity contribution in [3.8, 4) is 0 Å². The average molecular weight is 492 g/mol. The predicted molar refractivity (Wildman–Crippen MR) is 126 cm³/mol. The number of nitrogens with zero attached hydrogens (tertiary/aromatic N) is 4. The molecule has 0 aromatic heterocycles. The summed E-state index contributed by atoms with van der Waals surface area (Å²) in [5.41, 5.74) is 0. The molecule has 0 amide bonds. The van der Waals surface area contributed by atoms with E-state index < -0.39 is 0 Å². The summed E-state index contributed by atoms with van der Waals surface area (Å²) in [5, 5.41) is 3.55. The zero-order chi connectivity index (χ0) is 18.2. The first kappa shape index (κ1) is 23.2. The number of nitrogens with one attached hydrogen (secondary N) is 1. The minimum absolute atomic E-state index is 0. The van der Waals surface area contributed by atoms with Gasteiger partial charge in [0.25, 0.3) is 0 Å². The maximum atomic E-state index is 4.97. The number of likely N-dealkylation sites (N-methyl/N-ethyl adjacent to an activating group) is 1. The van der Waals surface area contributed by atoms with E-state index in [1.165, 1.54) is 96.8 Å². The molecule has 2 aliphatic heterocycles. The van der Waals surface area contributed by atoms with E-state index in [1.807, 2.05) is 0 Å². The lowest BCUT2D eigenvalue weighted by Crippen LogP contribution is -2.46. The summed E-state index contributed by atoms with van der Waals surface area (Å²) in [4.78, 5) is 12.7. The number of aliphatic imine (C=N–C) groups is 1. The fraction of sp³-hybridized carbons (Fsp3) is 0.952. The summed E-state index contributed by atoms with van der Waals surface area (Å²) in [6.45, 7) is 16.3. The molecule has 1 saturated carbocycles. The number of unbranched alkanes of at least 4 members (excludes halogenated alkanes) is 1. The molecule has 3 aliphatic rings. The molecule has 2 atom stereocenters. The highest BCUT2D eigenvalue weighted by atomic mass is 127. The summed E-state index contributed by atoms with van der Waals surface area (Å²) < 4.78 is 0. The number of halogens is 1. The molecule has 6 heteroatoms. The smallest absolute Gasteiger partial charge is 0.193 e. The summed E-state index contributed by atoms with van der Waals surface area (Å²) in [7, 11) is 0. The lowest BCUT2D eigenvalue weighted by molar-refractivity contribution is 0.136. The van der Waals surface area contributed by atoms with Crippen LogP contribution >= 0.6 is 24.0 Å². The van der Waals surface area contributed by atoms with Crippen LogP contribution in [0, 0.1) is 11.8 Å². The first-order chi connectivity index (χ1) is 12.8. The van der Waals surface area contributed by atoms with Gasteiger partial charge in [0.1, 0.15) is 0 Å². The molecule has 1 N–H and O–H groups in total. The Bertz CT molecular complexity index is 422. The number of rotatable bonds is 7. The van der Waals surface area contributed by atoms with Gasteiger partial charge in [-0.15, -0.1) is 24.0 Å². The highest BCUT2D eigenvalue weighted by Crippen LogP contribution is 2.35. The highest BCUT2D eigenvalue weighted by Gasteiger charge is 2.35. The fourth-order valence-corrected chi connectivity index (χ4v) is 4.97. The zero-order valence-electron chi connectivity index (χ0n) is 17.7. The quantitative estimate of drug-likeness (QED) is 0.257. The van der Waals surface area contributed by atoms with E-state index in [1.54, 1.807) is 0 Å². The van der Waals surface area contributed by atoms with Crippen molar-refractivity contribution in [1.29, 1.82) is 0 Å². The Labute approximate surface area is 184 Å². The van der Waals surface area contributed by atoms with Gasteiger partial charge in [0.15, 0.2) is 5.96 Å². The van der Waals surface area contributed by atoms with Crippen molar-refractivity contribution in [3.63, 3.8) is 0 Å². The molecule has 27 heavy (non-hydrogen) atoms. The van der Waals surface area contributed by atoms with Crippen LogP contribution < -0.4 is 5.32 Å². The molecule has 1 aliphatic carbocycles. The molecule has 2 saturated heterocycles. The maximum absolute atomic E-state index is 4.97. The van der Waals surface area contributed by atoms with Gasteiger partial charge in [-0.05, 0) is 57.5 Å². The van der Waals surface area contributed by atoms with Gasteiger partial charge >= 0.3 is 0 Å². The van der Waals surface area contributed by atoms with E-state index in [4.69, 9.17) is 4.99 Å². The van der Waals surface area contributed by atoms with Crippen LogP contribution in [0.25, 0.3) is 0 Å². The minimum Gasteiger partial charge on any atom is -0.357 e. The lowest BCUT2D eigenvalue weighted by Gasteiger charge is -2.33. The molecule has 158 valence electrons. The van der Waals surface area contributed by atoms with Gasteiger partial charge in [-0.1, -0.05) is 19.8 Å². The molecule has 3 rings (SSSR count). The monoisotopic (exact) mass is 491 g/mol. The summed E-state index contributed by atoms with van der Waals surface area (Å²) in [6.07, 6.45) is 8.24. The van der Waals surface area contributed by atoms with Crippen molar-refractivity contribution >= 4 is 29.9 Å². The topological polar surface area (TPSA) is 34.1 Å². The summed E-state index contributed by atoms with van der Waals surface area (Å²) in [6, 6.07) is 0. The van der Waals surface area contributed by atoms with Crippen LogP contribution in [0.3, 0.4) is 0 Å². The van der Waals surface area contributed by atoms with Gasteiger partial charge in [0.2, 0.25) is 0 Å². The number of piperazine rings is 1. The van der Waals surface area contributed by atoms with Crippen molar-refractivity contribution in [2.24, 2.45) is 16.8 Å². The predicted octanol–water partition coefficient (Wildman–Crippen LogP) is 3.11. The highest BCUT2D eigenvalue weighted by molar-refractivity contribution is 14.0. The first-order valence-corrected chi connectivity index (χ1v) is 11.3. The Kier molecular flexibility index (Phi) is 10.7. The van der Waals surface area contributed by atoms with Crippen LogP contribution in [-0.4, -0.2) is 86.1 Å². The van der Waals surface area contributed by atoms with Crippen molar-refractivity contribution in [3.05, 3.63) is 0 Å². The SMILES string of the molecule is CCNC(=NCCCCN1CCN(CC)CC1)N1CC2CCCCC2C1.I.